The zero-order valence-corrected chi connectivity index (χ0v) is 76.7. The molecule has 3 radical (unpaired) electrons. The molecule has 0 aliphatic carbocycles. The molecule has 15 heteroatoms. The molecule has 0 N–H and O–H groups in total. The van der Waals surface area contributed by atoms with Crippen LogP contribution in [0.3, 0.4) is 0 Å². The summed E-state index contributed by atoms with van der Waals surface area (Å²) in [4.78, 5) is 39.0. The molecule has 18 rings (SSSR count). The van der Waals surface area contributed by atoms with E-state index in [1.54, 1.807) is 118 Å². The maximum atomic E-state index is 8.66. The Kier molecular flexibility index (Phi) is 20.9. The summed E-state index contributed by atoms with van der Waals surface area (Å²) >= 11 is 0. The van der Waals surface area contributed by atoms with E-state index in [9.17, 15) is 0 Å². The number of nitrogens with zero attached hydrogens (tertiary/aromatic N) is 9. The van der Waals surface area contributed by atoms with Gasteiger partial charge in [-0.05, 0) is 181 Å². The number of hydrogen-bond donors (Lipinski definition) is 0. The van der Waals surface area contributed by atoms with Crippen LogP contribution < -0.4 is 0 Å². The summed E-state index contributed by atoms with van der Waals surface area (Å²) < 4.78 is 256. The van der Waals surface area contributed by atoms with Crippen molar-refractivity contribution in [2.24, 2.45) is 0 Å². The van der Waals surface area contributed by atoms with Crippen molar-refractivity contribution in [1.82, 2.24) is 44.9 Å². The minimum Gasteiger partial charge on any atom is -0.486 e. The molecule has 0 spiro atoms. The normalized spacial score (nSPS) is 17.1. The maximum absolute atomic E-state index is 8.66. The Hall–Kier alpha value is -11.0. The van der Waals surface area contributed by atoms with Gasteiger partial charge in [0, 0.05) is 172 Å². The topological polar surface area (TPSA) is 155 Å². The van der Waals surface area contributed by atoms with E-state index in [-0.39, 0.29) is 150 Å². The summed E-state index contributed by atoms with van der Waals surface area (Å²) in [5.41, 5.74) is 13.8. The van der Waals surface area contributed by atoms with Crippen LogP contribution in [0.5, 0.6) is 0 Å². The third-order valence-corrected chi connectivity index (χ3v) is 19.4. The van der Waals surface area contributed by atoms with Crippen LogP contribution in [0, 0.1) is 98.4 Å². The summed E-state index contributed by atoms with van der Waals surface area (Å²) in [7, 11) is 0. The summed E-state index contributed by atoms with van der Waals surface area (Å²) in [5, 5.41) is 2.22. The number of benzene rings is 6. The van der Waals surface area contributed by atoms with E-state index in [1.165, 1.54) is 106 Å². The molecule has 0 amide bonds. The van der Waals surface area contributed by atoms with Gasteiger partial charge in [-0.1, -0.05) is 207 Å². The van der Waals surface area contributed by atoms with Crippen molar-refractivity contribution in [2.45, 2.75) is 180 Å². The van der Waals surface area contributed by atoms with Crippen molar-refractivity contribution in [3.63, 3.8) is 0 Å². The van der Waals surface area contributed by atoms with E-state index < -0.39 is 90.2 Å². The molecule has 3 atom stereocenters. The van der Waals surface area contributed by atoms with Crippen molar-refractivity contribution in [3.05, 3.63) is 339 Å². The van der Waals surface area contributed by atoms with Crippen molar-refractivity contribution >= 4 is 66.2 Å². The molecule has 0 bridgehead atoms. The zero-order chi connectivity index (χ0) is 111. The molecular weight excluding hydrogens is 2050 g/mol. The molecule has 18 aromatic rings. The molecule has 0 fully saturated rings. The fraction of sp³-hybridized carbons (Fsp3) is 0.250. The summed E-state index contributed by atoms with van der Waals surface area (Å²) in [6.45, 7) is 1.89. The van der Waals surface area contributed by atoms with Crippen molar-refractivity contribution in [1.29, 1.82) is 0 Å². The van der Waals surface area contributed by atoms with E-state index >= 15 is 0 Å². The van der Waals surface area contributed by atoms with Gasteiger partial charge in [-0.3, -0.25) is 0 Å². The fourth-order valence-electron chi connectivity index (χ4n) is 13.4. The van der Waals surface area contributed by atoms with Crippen LogP contribution in [-0.2, 0) is 60.3 Å². The molecule has 0 saturated carbocycles. The van der Waals surface area contributed by atoms with Crippen LogP contribution in [0.4, 0.5) is 0 Å². The molecule has 0 saturated heterocycles. The van der Waals surface area contributed by atoms with Gasteiger partial charge >= 0.3 is 0 Å². The predicted octanol–water partition coefficient (Wildman–Crippen LogP) is 28.7. The number of aromatic nitrogens is 9. The van der Waals surface area contributed by atoms with Crippen LogP contribution in [-0.4, -0.2) is 44.9 Å². The molecule has 12 aromatic heterocycles. The van der Waals surface area contributed by atoms with Crippen molar-refractivity contribution in [3.8, 4) is 67.5 Å². The molecule has 12 nitrogen and oxygen atoms in total. The Labute approximate surface area is 808 Å². The largest absolute Gasteiger partial charge is 0.486 e. The van der Waals surface area contributed by atoms with Gasteiger partial charge in [0.1, 0.15) is 0 Å². The summed E-state index contributed by atoms with van der Waals surface area (Å²) in [5.74, 6) is -8.88. The van der Waals surface area contributed by atoms with Gasteiger partial charge in [0.05, 0.1) is 16.7 Å². The van der Waals surface area contributed by atoms with Crippen molar-refractivity contribution < 1.29 is 115 Å². The molecule has 0 aliphatic rings. The zero-order valence-electron chi connectivity index (χ0n) is 99.5. The Balaban J connectivity index is 0.000000194. The van der Waals surface area contributed by atoms with Gasteiger partial charge < -0.3 is 43.2 Å². The second-order valence-corrected chi connectivity index (χ2v) is 29.1. The molecule has 123 heavy (non-hydrogen) atoms. The third kappa shape index (κ3) is 22.0. The number of rotatable bonds is 12. The van der Waals surface area contributed by atoms with Gasteiger partial charge in [-0.25, -0.2) is 15.0 Å². The first-order valence-electron chi connectivity index (χ1n) is 53.4. The monoisotopic (exact) mass is 2180 g/mol. The minimum atomic E-state index is -2.58. The van der Waals surface area contributed by atoms with Crippen LogP contribution in [0.2, 0.25) is 0 Å². The average Bonchev–Trinajstić information content (AvgIpc) is 1.58. The molecule has 0 aliphatic heterocycles. The Morgan fingerprint density at radius 1 is 0.309 bits per heavy atom. The van der Waals surface area contributed by atoms with Crippen LogP contribution in [0.25, 0.3) is 134 Å². The quantitative estimate of drug-likeness (QED) is 0.107. The third-order valence-electron chi connectivity index (χ3n) is 19.4. The summed E-state index contributed by atoms with van der Waals surface area (Å²) in [6.07, 6.45) is 8.83. The SMILES string of the molecule is [2H]C([2H])([2H])c1c[c-]c(-c2cc(C([2H])(C)C([2H])([2H])[2H])ccn2)c2oc3nc(C)cc(C([2H])(C)C)c3c12.[2H]C([2H])([2H])c1c[c-]c(-c2cc(C([2H])(C)C([2H])([2H])[2H])ccn2)c2oc3nc(C)cc(C([2H])(C)C)c3c12.[2H]C([2H])([2H])c1c[c-]c(-c2cc(C([2H])(C)C([2H])([2H])[2H])ccn2)c2oc3nc(C)cc(C([2H])(C)C)c3c12.[2H]C([2H])([2H])c1ccc(-c2[c-]cccc2)nc1.[2H]C([2H])([2H])c1cnc(-c2[c-]cccc2)cc1C.[Ir].[Ir].[Ir].[c-]1ccccc1-c1ccccn1. The minimum absolute atomic E-state index is 0. The Bertz CT molecular complexity index is 7390. The molecule has 6 aromatic carbocycles. The van der Waals surface area contributed by atoms with Crippen LogP contribution in [0.1, 0.15) is 243 Å². The average molecular weight is 2180 g/mol. The number of hydrogen-bond acceptors (Lipinski definition) is 12. The number of pyridine rings is 9. The fourth-order valence-corrected chi connectivity index (χ4v) is 13.4. The first-order valence-corrected chi connectivity index (χ1v) is 38.4. The maximum Gasteiger partial charge on any atom is 0.216 e. The van der Waals surface area contributed by atoms with Gasteiger partial charge in [-0.2, -0.15) is 0 Å². The van der Waals surface area contributed by atoms with Crippen molar-refractivity contribution in [2.75, 3.05) is 0 Å². The van der Waals surface area contributed by atoms with Crippen LogP contribution in [0.15, 0.2) is 232 Å². The van der Waals surface area contributed by atoms with E-state index in [0.29, 0.717) is 88.3 Å². The predicted molar refractivity (Wildman–Crippen MR) is 493 cm³/mol. The van der Waals surface area contributed by atoms with E-state index in [4.69, 9.17) is 54.4 Å². The first-order chi connectivity index (χ1) is 69.3. The van der Waals surface area contributed by atoms with Gasteiger partial charge in [0.15, 0.2) is 0 Å². The van der Waals surface area contributed by atoms with E-state index in [1.807, 2.05) is 84.9 Å². The smallest absolute Gasteiger partial charge is 0.216 e. The van der Waals surface area contributed by atoms with E-state index in [0.717, 1.165) is 39.3 Å². The number of furan rings is 3. The molecule has 3 unspecified atom stereocenters. The van der Waals surface area contributed by atoms with Gasteiger partial charge in [0.2, 0.25) is 17.1 Å². The first kappa shape index (κ1) is 60.5. The molecule has 633 valence electrons. The number of fused-ring (bicyclic) bond motifs is 9. The standard InChI is InChI=1S/3C24H25N2O.C13H12N.C12H10N.C11H8N.3Ir/c3*1-13(2)17-9-10-25-20(12-17)18-8-7-15(5)21-22-19(14(3)4)11-16(6)26-24(22)27-23(18)21;1-10-8-13(14-9-11(10)2)12-6-4-3-5-7-12;1-10-7-8-12(13-9-10)11-5-3-2-4-6-11;1-2-6-10(7-3-1)11-8-4-5-9-12-11;;;/h3*7,9-14H,1-6H3;3-6,8-9H,1-2H3;2-5,7-9H,1H3;1-6,8-9H;;;/q6*-1;;;/i3*1D3,5D3,13D,14D;2D3;1D3;;;;. The van der Waals surface area contributed by atoms with Gasteiger partial charge in [-0.15, -0.1) is 161 Å². The Morgan fingerprint density at radius 3 is 0.976 bits per heavy atom. The van der Waals surface area contributed by atoms with E-state index in [2.05, 4.69) is 81.3 Å². The Morgan fingerprint density at radius 2 is 0.667 bits per heavy atom. The molecular formula is C108H105Ir3N9O3-6. The number of aryl methyl sites for hydroxylation is 9. The second-order valence-electron chi connectivity index (χ2n) is 29.1. The molecule has 12 heterocycles. The van der Waals surface area contributed by atoms with Gasteiger partial charge in [0.25, 0.3) is 0 Å². The summed E-state index contributed by atoms with van der Waals surface area (Å²) in [6, 6.07) is 70.0. The second kappa shape index (κ2) is 42.4. The van der Waals surface area contributed by atoms with Crippen LogP contribution >= 0.6 is 0 Å².